The molecule has 2 amide bonds. The van der Waals surface area contributed by atoms with Crippen LogP contribution in [-0.2, 0) is 4.79 Å². The second-order valence-electron chi connectivity index (χ2n) is 7.21. The Morgan fingerprint density at radius 1 is 1.00 bits per heavy atom. The number of amides is 2. The van der Waals surface area contributed by atoms with E-state index in [4.69, 9.17) is 0 Å². The number of nitrogens with zero attached hydrogens (tertiary/aromatic N) is 1. The smallest absolute Gasteiger partial charge is 0.321 e. The van der Waals surface area contributed by atoms with Crippen molar-refractivity contribution in [1.29, 1.82) is 0 Å². The highest BCUT2D eigenvalue weighted by molar-refractivity contribution is 7.10. The van der Waals surface area contributed by atoms with Crippen LogP contribution < -0.4 is 10.7 Å². The number of thiophene rings is 1. The summed E-state index contributed by atoms with van der Waals surface area (Å²) in [7, 11) is 0. The van der Waals surface area contributed by atoms with Crippen LogP contribution in [0.3, 0.4) is 0 Å². The zero-order chi connectivity index (χ0) is 25.2. The summed E-state index contributed by atoms with van der Waals surface area (Å²) in [6.07, 6.45) is -6.63. The molecule has 1 heterocycles. The fourth-order valence-electron chi connectivity index (χ4n) is 2.39. The average Bonchev–Trinajstić information content (AvgIpc) is 3.21. The molecule has 0 radical (unpaired) electrons. The van der Waals surface area contributed by atoms with Gasteiger partial charge in [0, 0.05) is 15.9 Å². The molecule has 2 aromatic rings. The molecule has 1 aromatic carbocycles. The van der Waals surface area contributed by atoms with E-state index in [0.29, 0.717) is 5.56 Å². The lowest BCUT2D eigenvalue weighted by atomic mass is 10.1. The van der Waals surface area contributed by atoms with Gasteiger partial charge in [-0.25, -0.2) is 5.43 Å². The van der Waals surface area contributed by atoms with Gasteiger partial charge in [-0.15, -0.1) is 11.3 Å². The van der Waals surface area contributed by atoms with Crippen LogP contribution in [0.15, 0.2) is 40.8 Å². The minimum absolute atomic E-state index is 0.145. The van der Waals surface area contributed by atoms with Crippen LogP contribution in [0, 0.1) is 0 Å². The number of hydrogen-bond donors (Lipinski definition) is 2. The van der Waals surface area contributed by atoms with Crippen molar-refractivity contribution < 1.29 is 40.3 Å². The summed E-state index contributed by atoms with van der Waals surface area (Å²) in [6, 6.07) is 6.34. The number of rotatable bonds is 7. The molecule has 0 fully saturated rings. The molecule has 0 bridgehead atoms. The lowest BCUT2D eigenvalue weighted by Crippen LogP contribution is -2.57. The fourth-order valence-corrected chi connectivity index (χ4v) is 3.30. The number of alkyl halides is 7. The van der Waals surface area contributed by atoms with Gasteiger partial charge in [0.25, 0.3) is 5.91 Å². The number of anilines is 1. The van der Waals surface area contributed by atoms with E-state index in [1.54, 1.807) is 11.4 Å². The SMILES string of the molecule is CC(=NNC(=O)c1csc(C(C)C)c1)c1cccc(NC(=O)C(F)(F)C(F)(F)C(F)(F)F)c1. The minimum Gasteiger partial charge on any atom is -0.321 e. The molecule has 180 valence electrons. The lowest BCUT2D eigenvalue weighted by molar-refractivity contribution is -0.343. The predicted octanol–water partition coefficient (Wildman–Crippen LogP) is 5.80. The molecule has 0 aliphatic heterocycles. The maximum Gasteiger partial charge on any atom is 0.460 e. The Kier molecular flexibility index (Phi) is 7.56. The van der Waals surface area contributed by atoms with Crippen LogP contribution in [0.5, 0.6) is 0 Å². The van der Waals surface area contributed by atoms with E-state index >= 15 is 0 Å². The summed E-state index contributed by atoms with van der Waals surface area (Å²) in [5.74, 6) is -15.7. The molecule has 13 heteroatoms. The Bertz CT molecular complexity index is 1060. The van der Waals surface area contributed by atoms with Crippen LogP contribution >= 0.6 is 11.3 Å². The van der Waals surface area contributed by atoms with Crippen LogP contribution in [0.1, 0.15) is 47.5 Å². The van der Waals surface area contributed by atoms with E-state index < -0.39 is 35.5 Å². The van der Waals surface area contributed by atoms with Crippen LogP contribution in [-0.4, -0.2) is 35.5 Å². The Morgan fingerprint density at radius 3 is 2.18 bits per heavy atom. The van der Waals surface area contributed by atoms with E-state index in [0.717, 1.165) is 17.0 Å². The van der Waals surface area contributed by atoms with Crippen molar-refractivity contribution in [2.24, 2.45) is 5.10 Å². The van der Waals surface area contributed by atoms with Gasteiger partial charge in [-0.1, -0.05) is 26.0 Å². The molecule has 1 aromatic heterocycles. The van der Waals surface area contributed by atoms with Gasteiger partial charge in [0.1, 0.15) is 0 Å². The third-order valence-electron chi connectivity index (χ3n) is 4.35. The summed E-state index contributed by atoms with van der Waals surface area (Å²) >= 11 is 1.39. The molecule has 2 N–H and O–H groups in total. The van der Waals surface area contributed by atoms with Crippen molar-refractivity contribution in [3.8, 4) is 0 Å². The van der Waals surface area contributed by atoms with Crippen molar-refractivity contribution >= 4 is 34.6 Å². The normalized spacial score (nSPS) is 13.2. The Balaban J connectivity index is 2.14. The maximum atomic E-state index is 13.5. The minimum atomic E-state index is -6.63. The van der Waals surface area contributed by atoms with E-state index in [9.17, 15) is 40.3 Å². The molecule has 0 saturated heterocycles. The van der Waals surface area contributed by atoms with Gasteiger partial charge in [0.05, 0.1) is 11.3 Å². The highest BCUT2D eigenvalue weighted by Gasteiger charge is 2.76. The zero-order valence-corrected chi connectivity index (χ0v) is 18.2. The monoisotopic (exact) mass is 497 g/mol. The number of halogens is 7. The van der Waals surface area contributed by atoms with E-state index in [2.05, 4.69) is 10.5 Å². The highest BCUT2D eigenvalue weighted by Crippen LogP contribution is 2.46. The molecule has 0 spiro atoms. The zero-order valence-electron chi connectivity index (χ0n) is 17.4. The number of nitrogens with one attached hydrogen (secondary N) is 2. The van der Waals surface area contributed by atoms with Crippen LogP contribution in [0.25, 0.3) is 0 Å². The molecule has 2 rings (SSSR count). The van der Waals surface area contributed by atoms with Gasteiger partial charge in [-0.3, -0.25) is 9.59 Å². The second-order valence-corrected chi connectivity index (χ2v) is 8.15. The van der Waals surface area contributed by atoms with Gasteiger partial charge >= 0.3 is 23.9 Å². The predicted molar refractivity (Wildman–Crippen MR) is 109 cm³/mol. The quantitative estimate of drug-likeness (QED) is 0.289. The number of carbonyl (C=O) groups excluding carboxylic acids is 2. The molecular formula is C20H18F7N3O2S. The first kappa shape index (κ1) is 26.3. The second kappa shape index (κ2) is 9.49. The molecule has 0 aliphatic carbocycles. The summed E-state index contributed by atoms with van der Waals surface area (Å²) in [5.41, 5.74) is 2.51. The van der Waals surface area contributed by atoms with Crippen molar-refractivity contribution in [1.82, 2.24) is 5.43 Å². The molecule has 0 aliphatic rings. The molecule has 33 heavy (non-hydrogen) atoms. The van der Waals surface area contributed by atoms with E-state index in [1.807, 2.05) is 13.8 Å². The molecular weight excluding hydrogens is 479 g/mol. The number of hydrazone groups is 1. The summed E-state index contributed by atoms with van der Waals surface area (Å²) in [4.78, 5) is 24.7. The Morgan fingerprint density at radius 2 is 1.64 bits per heavy atom. The lowest BCUT2D eigenvalue weighted by Gasteiger charge is -2.27. The first-order chi connectivity index (χ1) is 15.1. The average molecular weight is 497 g/mol. The summed E-state index contributed by atoms with van der Waals surface area (Å²) < 4.78 is 89.8. The number of hydrogen-bond acceptors (Lipinski definition) is 4. The van der Waals surface area contributed by atoms with Crippen molar-refractivity contribution in [2.45, 2.75) is 44.7 Å². The van der Waals surface area contributed by atoms with Gasteiger partial charge in [0.2, 0.25) is 0 Å². The van der Waals surface area contributed by atoms with E-state index in [1.165, 1.54) is 35.7 Å². The number of carbonyl (C=O) groups is 2. The van der Waals surface area contributed by atoms with Gasteiger partial charge < -0.3 is 5.32 Å². The summed E-state index contributed by atoms with van der Waals surface area (Å²) in [6.45, 7) is 5.34. The third-order valence-corrected chi connectivity index (χ3v) is 5.58. The molecule has 0 saturated carbocycles. The molecule has 5 nitrogen and oxygen atoms in total. The molecule has 0 unspecified atom stereocenters. The van der Waals surface area contributed by atoms with Crippen molar-refractivity contribution in [3.63, 3.8) is 0 Å². The van der Waals surface area contributed by atoms with Gasteiger partial charge in [-0.05, 0) is 36.6 Å². The van der Waals surface area contributed by atoms with Gasteiger partial charge in [-0.2, -0.15) is 35.8 Å². The topological polar surface area (TPSA) is 70.6 Å². The standard InChI is InChI=1S/C20H18F7N3O2S/c1-10(2)15-8-13(9-33-15)16(31)30-29-11(3)12-5-4-6-14(7-12)28-17(32)18(21,22)19(23,24)20(25,26)27/h4-10H,1-3H3,(H,28,32)(H,30,31). The highest BCUT2D eigenvalue weighted by atomic mass is 32.1. The van der Waals surface area contributed by atoms with Crippen LogP contribution in [0.2, 0.25) is 0 Å². The van der Waals surface area contributed by atoms with Crippen LogP contribution in [0.4, 0.5) is 36.4 Å². The first-order valence-electron chi connectivity index (χ1n) is 9.25. The molecule has 0 atom stereocenters. The fraction of sp³-hybridized carbons (Fsp3) is 0.350. The maximum absolute atomic E-state index is 13.5. The first-order valence-corrected chi connectivity index (χ1v) is 10.1. The third kappa shape index (κ3) is 5.70. The number of benzene rings is 1. The van der Waals surface area contributed by atoms with E-state index in [-0.39, 0.29) is 17.2 Å². The summed E-state index contributed by atoms with van der Waals surface area (Å²) in [5, 5.41) is 6.85. The Hall–Kier alpha value is -2.96. The van der Waals surface area contributed by atoms with Crippen molar-refractivity contribution in [2.75, 3.05) is 5.32 Å². The largest absolute Gasteiger partial charge is 0.460 e. The van der Waals surface area contributed by atoms with Gasteiger partial charge in [0.15, 0.2) is 0 Å². The van der Waals surface area contributed by atoms with Crippen molar-refractivity contribution in [3.05, 3.63) is 51.7 Å². The Labute approximate surface area is 187 Å².